The Morgan fingerprint density at radius 2 is 2.00 bits per heavy atom. The normalized spacial score (nSPS) is 15.8. The molecule has 0 unspecified atom stereocenters. The summed E-state index contributed by atoms with van der Waals surface area (Å²) >= 11 is 0. The molecule has 4 aromatic heterocycles. The summed E-state index contributed by atoms with van der Waals surface area (Å²) in [5.41, 5.74) is 6.39. The van der Waals surface area contributed by atoms with E-state index in [2.05, 4.69) is 61.5 Å². The second-order valence-electron chi connectivity index (χ2n) is 9.87. The SMILES string of the molecule is Cc1cc(-c2cn(Cc3cn4cc(CNCC5(O)CCCCC5)ccc4n3)nn2)c2cn[nH]c2c1. The quantitative estimate of drug-likeness (QED) is 0.335. The number of benzene rings is 1. The molecule has 1 fully saturated rings. The van der Waals surface area contributed by atoms with Crippen LogP contribution in [0.1, 0.15) is 48.9 Å². The average Bonchev–Trinajstić information content (AvgIpc) is 3.58. The van der Waals surface area contributed by atoms with Gasteiger partial charge in [-0.05, 0) is 49.1 Å². The van der Waals surface area contributed by atoms with E-state index in [9.17, 15) is 5.11 Å². The number of H-pyrrole nitrogens is 1. The van der Waals surface area contributed by atoms with Crippen molar-refractivity contribution in [3.8, 4) is 11.3 Å². The Bertz CT molecular complexity index is 1470. The van der Waals surface area contributed by atoms with Gasteiger partial charge in [0.2, 0.25) is 0 Å². The van der Waals surface area contributed by atoms with E-state index in [0.717, 1.165) is 76.9 Å². The number of rotatable bonds is 7. The van der Waals surface area contributed by atoms with Crippen LogP contribution < -0.4 is 5.32 Å². The highest BCUT2D eigenvalue weighted by atomic mass is 16.3. The fourth-order valence-electron chi connectivity index (χ4n) is 5.17. The Balaban J connectivity index is 1.15. The minimum atomic E-state index is -0.553. The van der Waals surface area contributed by atoms with Crippen molar-refractivity contribution in [2.24, 2.45) is 0 Å². The molecule has 5 aromatic rings. The number of nitrogens with one attached hydrogen (secondary N) is 2. The number of pyridine rings is 1. The Morgan fingerprint density at radius 1 is 1.11 bits per heavy atom. The molecule has 0 atom stereocenters. The lowest BCUT2D eigenvalue weighted by molar-refractivity contribution is 0.00467. The maximum absolute atomic E-state index is 10.7. The predicted octanol–water partition coefficient (Wildman–Crippen LogP) is 3.61. The molecule has 9 heteroatoms. The van der Waals surface area contributed by atoms with Crippen molar-refractivity contribution in [2.75, 3.05) is 6.54 Å². The third-order valence-electron chi connectivity index (χ3n) is 6.97. The molecule has 0 amide bonds. The fraction of sp³-hybridized carbons (Fsp3) is 0.385. The van der Waals surface area contributed by atoms with Crippen LogP contribution in [0.5, 0.6) is 0 Å². The first kappa shape index (κ1) is 21.9. The van der Waals surface area contributed by atoms with E-state index in [1.54, 1.807) is 0 Å². The highest BCUT2D eigenvalue weighted by Crippen LogP contribution is 2.28. The van der Waals surface area contributed by atoms with Crippen LogP contribution in [0.2, 0.25) is 0 Å². The third-order valence-corrected chi connectivity index (χ3v) is 6.97. The molecule has 1 aromatic carbocycles. The van der Waals surface area contributed by atoms with Gasteiger partial charge in [-0.15, -0.1) is 5.10 Å². The van der Waals surface area contributed by atoms with Gasteiger partial charge in [-0.25, -0.2) is 9.67 Å². The van der Waals surface area contributed by atoms with Gasteiger partial charge in [0.25, 0.3) is 0 Å². The molecule has 1 saturated carbocycles. The molecule has 180 valence electrons. The maximum atomic E-state index is 10.7. The van der Waals surface area contributed by atoms with Gasteiger partial charge < -0.3 is 14.8 Å². The molecule has 0 saturated heterocycles. The first-order valence-corrected chi connectivity index (χ1v) is 12.3. The molecule has 6 rings (SSSR count). The first-order chi connectivity index (χ1) is 17.0. The number of aryl methyl sites for hydroxylation is 1. The zero-order chi connectivity index (χ0) is 23.8. The molecule has 3 N–H and O–H groups in total. The highest BCUT2D eigenvalue weighted by molar-refractivity contribution is 5.93. The molecule has 1 aliphatic rings. The van der Waals surface area contributed by atoms with E-state index in [1.165, 1.54) is 6.42 Å². The summed E-state index contributed by atoms with van der Waals surface area (Å²) in [6, 6.07) is 8.31. The molecule has 0 bridgehead atoms. The summed E-state index contributed by atoms with van der Waals surface area (Å²) in [6.45, 7) is 3.96. The van der Waals surface area contributed by atoms with Crippen molar-refractivity contribution >= 4 is 16.6 Å². The summed E-state index contributed by atoms with van der Waals surface area (Å²) in [5.74, 6) is 0. The van der Waals surface area contributed by atoms with Crippen LogP contribution in [0.3, 0.4) is 0 Å². The number of aromatic amines is 1. The Kier molecular flexibility index (Phi) is 5.58. The number of nitrogens with zero attached hydrogens (tertiary/aromatic N) is 6. The number of aromatic nitrogens is 7. The smallest absolute Gasteiger partial charge is 0.137 e. The molecule has 9 nitrogen and oxygen atoms in total. The first-order valence-electron chi connectivity index (χ1n) is 12.3. The average molecular weight is 471 g/mol. The van der Waals surface area contributed by atoms with Crippen LogP contribution in [0, 0.1) is 6.92 Å². The molecule has 4 heterocycles. The molecule has 0 radical (unpaired) electrons. The van der Waals surface area contributed by atoms with Gasteiger partial charge in [0.1, 0.15) is 11.3 Å². The van der Waals surface area contributed by atoms with Gasteiger partial charge in [0.15, 0.2) is 0 Å². The van der Waals surface area contributed by atoms with Gasteiger partial charge in [-0.3, -0.25) is 5.10 Å². The van der Waals surface area contributed by atoms with Crippen molar-refractivity contribution in [1.82, 2.24) is 39.9 Å². The standard InChI is InChI=1S/C26H30N8O/c1-18-9-21(22-12-28-30-23(22)10-18)24-16-34(32-31-24)15-20-14-33-13-19(5-6-25(33)29-20)11-27-17-26(35)7-3-2-4-8-26/h5-6,9-10,12-14,16,27,35H,2-4,7-8,11,15,17H2,1H3,(H,28,30). The predicted molar refractivity (Wildman–Crippen MR) is 134 cm³/mol. The van der Waals surface area contributed by atoms with Gasteiger partial charge in [-0.1, -0.05) is 30.5 Å². The second kappa shape index (κ2) is 8.90. The lowest BCUT2D eigenvalue weighted by atomic mass is 9.85. The minimum Gasteiger partial charge on any atom is -0.389 e. The maximum Gasteiger partial charge on any atom is 0.137 e. The number of aliphatic hydroxyl groups is 1. The number of hydrogen-bond acceptors (Lipinski definition) is 6. The van der Waals surface area contributed by atoms with E-state index in [-0.39, 0.29) is 0 Å². The van der Waals surface area contributed by atoms with Crippen LogP contribution in [-0.4, -0.2) is 51.8 Å². The van der Waals surface area contributed by atoms with E-state index in [4.69, 9.17) is 4.98 Å². The molecule has 35 heavy (non-hydrogen) atoms. The summed E-state index contributed by atoms with van der Waals surface area (Å²) in [5, 5.41) is 31.1. The topological polar surface area (TPSA) is 109 Å². The van der Waals surface area contributed by atoms with E-state index < -0.39 is 5.60 Å². The summed E-state index contributed by atoms with van der Waals surface area (Å²) < 4.78 is 3.87. The molecule has 0 aliphatic heterocycles. The summed E-state index contributed by atoms with van der Waals surface area (Å²) in [4.78, 5) is 4.75. The molecular formula is C26H30N8O. The number of hydrogen-bond donors (Lipinski definition) is 3. The van der Waals surface area contributed by atoms with Crippen LogP contribution in [-0.2, 0) is 13.1 Å². The van der Waals surface area contributed by atoms with E-state index in [1.807, 2.05) is 29.3 Å². The van der Waals surface area contributed by atoms with Crippen LogP contribution in [0.15, 0.2) is 49.1 Å². The van der Waals surface area contributed by atoms with Gasteiger partial charge in [0, 0.05) is 36.4 Å². The lowest BCUT2D eigenvalue weighted by Crippen LogP contribution is -2.41. The van der Waals surface area contributed by atoms with Gasteiger partial charge >= 0.3 is 0 Å². The molecule has 1 aliphatic carbocycles. The van der Waals surface area contributed by atoms with Gasteiger partial charge in [0.05, 0.1) is 35.8 Å². The zero-order valence-electron chi connectivity index (χ0n) is 19.9. The van der Waals surface area contributed by atoms with E-state index in [0.29, 0.717) is 13.1 Å². The highest BCUT2D eigenvalue weighted by Gasteiger charge is 2.28. The fourth-order valence-corrected chi connectivity index (χ4v) is 5.17. The molecule has 0 spiro atoms. The van der Waals surface area contributed by atoms with Crippen LogP contribution >= 0.6 is 0 Å². The van der Waals surface area contributed by atoms with Crippen molar-refractivity contribution in [2.45, 2.75) is 57.7 Å². The summed E-state index contributed by atoms with van der Waals surface area (Å²) in [6.07, 6.45) is 13.2. The van der Waals surface area contributed by atoms with Crippen molar-refractivity contribution in [3.05, 3.63) is 65.9 Å². The third kappa shape index (κ3) is 4.56. The number of fused-ring (bicyclic) bond motifs is 2. The number of imidazole rings is 1. The van der Waals surface area contributed by atoms with Crippen LogP contribution in [0.25, 0.3) is 27.8 Å². The Labute approximate surface area is 203 Å². The van der Waals surface area contributed by atoms with Gasteiger partial charge in [-0.2, -0.15) is 5.10 Å². The van der Waals surface area contributed by atoms with Crippen molar-refractivity contribution in [1.29, 1.82) is 0 Å². The largest absolute Gasteiger partial charge is 0.389 e. The summed E-state index contributed by atoms with van der Waals surface area (Å²) in [7, 11) is 0. The minimum absolute atomic E-state index is 0.537. The zero-order valence-corrected chi connectivity index (χ0v) is 19.9. The Hall–Kier alpha value is -3.56. The van der Waals surface area contributed by atoms with Crippen LogP contribution in [0.4, 0.5) is 0 Å². The van der Waals surface area contributed by atoms with E-state index >= 15 is 0 Å². The lowest BCUT2D eigenvalue weighted by Gasteiger charge is -2.32. The monoisotopic (exact) mass is 470 g/mol. The Morgan fingerprint density at radius 3 is 2.89 bits per heavy atom. The molecular weight excluding hydrogens is 440 g/mol. The van der Waals surface area contributed by atoms with Crippen molar-refractivity contribution < 1.29 is 5.11 Å². The second-order valence-corrected chi connectivity index (χ2v) is 9.87. The van der Waals surface area contributed by atoms with Crippen molar-refractivity contribution in [3.63, 3.8) is 0 Å².